The molecule has 2 rings (SSSR count). The number of carboxylic acid groups (broad SMARTS) is 1. The number of carbonyl (C=O) groups excluding carboxylic acids is 1. The van der Waals surface area contributed by atoms with Crippen molar-refractivity contribution in [2.45, 2.75) is 20.0 Å². The van der Waals surface area contributed by atoms with Gasteiger partial charge in [-0.25, -0.2) is 4.79 Å². The highest BCUT2D eigenvalue weighted by Crippen LogP contribution is 2.15. The topological polar surface area (TPSA) is 75.6 Å². The molecule has 0 aromatic heterocycles. The Bertz CT molecular complexity index is 734. The van der Waals surface area contributed by atoms with Gasteiger partial charge in [0, 0.05) is 5.56 Å². The van der Waals surface area contributed by atoms with E-state index in [-0.39, 0.29) is 11.8 Å². The highest BCUT2D eigenvalue weighted by Gasteiger charge is 2.13. The minimum Gasteiger partial charge on any atom is -0.491 e. The smallest absolute Gasteiger partial charge is 0.352 e. The molecule has 1 amide bonds. The van der Waals surface area contributed by atoms with Crippen LogP contribution < -0.4 is 10.1 Å². The predicted octanol–water partition coefficient (Wildman–Crippen LogP) is 3.33. The maximum atomic E-state index is 12.1. The minimum atomic E-state index is -1.21. The maximum Gasteiger partial charge on any atom is 0.352 e. The van der Waals surface area contributed by atoms with Crippen molar-refractivity contribution >= 4 is 18.0 Å². The highest BCUT2D eigenvalue weighted by atomic mass is 16.5. The third kappa shape index (κ3) is 4.98. The molecule has 0 radical (unpaired) electrons. The van der Waals surface area contributed by atoms with E-state index in [4.69, 9.17) is 4.74 Å². The highest BCUT2D eigenvalue weighted by molar-refractivity contribution is 6.02. The zero-order valence-corrected chi connectivity index (χ0v) is 13.5. The maximum absolute atomic E-state index is 12.1. The Morgan fingerprint density at radius 2 is 1.67 bits per heavy atom. The largest absolute Gasteiger partial charge is 0.491 e. The number of carboxylic acids is 1. The molecule has 0 bridgehead atoms. The molecule has 0 saturated heterocycles. The van der Waals surface area contributed by atoms with Crippen molar-refractivity contribution in [3.05, 3.63) is 71.4 Å². The zero-order valence-electron chi connectivity index (χ0n) is 13.5. The number of amides is 1. The first-order valence-electron chi connectivity index (χ1n) is 7.54. The number of aliphatic carboxylic acids is 1. The molecule has 0 atom stereocenters. The van der Waals surface area contributed by atoms with Crippen LogP contribution in [0, 0.1) is 0 Å². The molecule has 0 unspecified atom stereocenters. The lowest BCUT2D eigenvalue weighted by molar-refractivity contribution is -0.132. The van der Waals surface area contributed by atoms with Gasteiger partial charge in [0.05, 0.1) is 6.10 Å². The van der Waals surface area contributed by atoms with Crippen LogP contribution in [0.15, 0.2) is 60.3 Å². The summed E-state index contributed by atoms with van der Waals surface area (Å²) in [6.45, 7) is 3.85. The van der Waals surface area contributed by atoms with E-state index in [1.807, 2.05) is 13.8 Å². The van der Waals surface area contributed by atoms with Gasteiger partial charge in [0.15, 0.2) is 0 Å². The summed E-state index contributed by atoms with van der Waals surface area (Å²) in [4.78, 5) is 23.5. The summed E-state index contributed by atoms with van der Waals surface area (Å²) in [5.41, 5.74) is 0.851. The van der Waals surface area contributed by atoms with Crippen LogP contribution in [0.1, 0.15) is 29.8 Å². The fraction of sp³-hybridized carbons (Fsp3) is 0.158. The van der Waals surface area contributed by atoms with E-state index in [0.29, 0.717) is 16.9 Å². The Morgan fingerprint density at radius 1 is 1.04 bits per heavy atom. The Morgan fingerprint density at radius 3 is 2.21 bits per heavy atom. The molecule has 5 nitrogen and oxygen atoms in total. The van der Waals surface area contributed by atoms with Gasteiger partial charge in [-0.05, 0) is 49.8 Å². The summed E-state index contributed by atoms with van der Waals surface area (Å²) in [5, 5.41) is 11.7. The fourth-order valence-corrected chi connectivity index (χ4v) is 2.02. The SMILES string of the molecule is CC(C)Oc1ccc(/C=C(/NC(=O)c2ccccc2)C(=O)O)cc1. The summed E-state index contributed by atoms with van der Waals surface area (Å²) < 4.78 is 5.54. The molecule has 5 heteroatoms. The summed E-state index contributed by atoms with van der Waals surface area (Å²) in [6.07, 6.45) is 1.47. The van der Waals surface area contributed by atoms with E-state index in [1.165, 1.54) is 6.08 Å². The van der Waals surface area contributed by atoms with Gasteiger partial charge >= 0.3 is 5.97 Å². The van der Waals surface area contributed by atoms with Crippen LogP contribution in [0.25, 0.3) is 6.08 Å². The van der Waals surface area contributed by atoms with Gasteiger partial charge in [0.2, 0.25) is 0 Å². The predicted molar refractivity (Wildman–Crippen MR) is 91.7 cm³/mol. The van der Waals surface area contributed by atoms with Crippen LogP contribution >= 0.6 is 0 Å². The van der Waals surface area contributed by atoms with Gasteiger partial charge in [0.25, 0.3) is 5.91 Å². The van der Waals surface area contributed by atoms with E-state index in [9.17, 15) is 14.7 Å². The first kappa shape index (κ1) is 17.3. The molecule has 0 fully saturated rings. The second-order valence-corrected chi connectivity index (χ2v) is 5.42. The van der Waals surface area contributed by atoms with Crippen molar-refractivity contribution in [2.24, 2.45) is 0 Å². The van der Waals surface area contributed by atoms with Crippen molar-refractivity contribution in [3.63, 3.8) is 0 Å². The lowest BCUT2D eigenvalue weighted by atomic mass is 10.1. The van der Waals surface area contributed by atoms with Crippen molar-refractivity contribution in [1.29, 1.82) is 0 Å². The minimum absolute atomic E-state index is 0.0612. The summed E-state index contributed by atoms with van der Waals surface area (Å²) >= 11 is 0. The van der Waals surface area contributed by atoms with Gasteiger partial charge < -0.3 is 15.2 Å². The quantitative estimate of drug-likeness (QED) is 0.799. The summed E-state index contributed by atoms with van der Waals surface area (Å²) in [6, 6.07) is 15.4. The van der Waals surface area contributed by atoms with E-state index in [2.05, 4.69) is 5.32 Å². The standard InChI is InChI=1S/C19H19NO4/c1-13(2)24-16-10-8-14(9-11-16)12-17(19(22)23)20-18(21)15-6-4-3-5-7-15/h3-13H,1-2H3,(H,20,21)(H,22,23)/b17-12+. The van der Waals surface area contributed by atoms with Crippen molar-refractivity contribution in [2.75, 3.05) is 0 Å². The molecule has 2 aromatic carbocycles. The number of benzene rings is 2. The monoisotopic (exact) mass is 325 g/mol. The summed E-state index contributed by atoms with van der Waals surface area (Å²) in [5.74, 6) is -0.974. The molecule has 0 aliphatic heterocycles. The van der Waals surface area contributed by atoms with Crippen LogP contribution in [0.2, 0.25) is 0 Å². The van der Waals surface area contributed by atoms with Gasteiger partial charge in [0.1, 0.15) is 11.4 Å². The molecule has 0 saturated carbocycles. The van der Waals surface area contributed by atoms with E-state index < -0.39 is 11.9 Å². The first-order valence-corrected chi connectivity index (χ1v) is 7.54. The first-order chi connectivity index (χ1) is 11.5. The molecule has 24 heavy (non-hydrogen) atoms. The second-order valence-electron chi connectivity index (χ2n) is 5.42. The van der Waals surface area contributed by atoms with Gasteiger partial charge in [-0.2, -0.15) is 0 Å². The average molecular weight is 325 g/mol. The van der Waals surface area contributed by atoms with Crippen molar-refractivity contribution in [3.8, 4) is 5.75 Å². The Hall–Kier alpha value is -3.08. The molecule has 0 aliphatic rings. The Labute approximate surface area is 140 Å². The number of hydrogen-bond donors (Lipinski definition) is 2. The van der Waals surface area contributed by atoms with E-state index >= 15 is 0 Å². The molecular formula is C19H19NO4. The van der Waals surface area contributed by atoms with E-state index in [0.717, 1.165) is 0 Å². The van der Waals surface area contributed by atoms with Crippen molar-refractivity contribution in [1.82, 2.24) is 5.32 Å². The molecule has 0 aliphatic carbocycles. The number of hydrogen-bond acceptors (Lipinski definition) is 3. The van der Waals surface area contributed by atoms with Crippen LogP contribution in [0.5, 0.6) is 5.75 Å². The zero-order chi connectivity index (χ0) is 17.5. The molecular weight excluding hydrogens is 306 g/mol. The molecule has 124 valence electrons. The normalized spacial score (nSPS) is 11.2. The van der Waals surface area contributed by atoms with Crippen LogP contribution in [0.4, 0.5) is 0 Å². The number of carbonyl (C=O) groups is 2. The number of ether oxygens (including phenoxy) is 1. The van der Waals surface area contributed by atoms with Crippen LogP contribution in [-0.4, -0.2) is 23.1 Å². The number of nitrogens with one attached hydrogen (secondary N) is 1. The number of rotatable bonds is 6. The lowest BCUT2D eigenvalue weighted by Crippen LogP contribution is -2.27. The lowest BCUT2D eigenvalue weighted by Gasteiger charge is -2.10. The summed E-state index contributed by atoms with van der Waals surface area (Å²) in [7, 11) is 0. The Balaban J connectivity index is 2.16. The van der Waals surface area contributed by atoms with Gasteiger partial charge in [-0.1, -0.05) is 30.3 Å². The van der Waals surface area contributed by atoms with Crippen LogP contribution in [0.3, 0.4) is 0 Å². The average Bonchev–Trinajstić information content (AvgIpc) is 2.56. The fourth-order valence-electron chi connectivity index (χ4n) is 2.02. The molecule has 2 aromatic rings. The third-order valence-corrected chi connectivity index (χ3v) is 3.08. The van der Waals surface area contributed by atoms with Crippen molar-refractivity contribution < 1.29 is 19.4 Å². The van der Waals surface area contributed by atoms with Crippen LogP contribution in [-0.2, 0) is 4.79 Å². The van der Waals surface area contributed by atoms with Gasteiger partial charge in [-0.3, -0.25) is 4.79 Å². The molecule has 0 spiro atoms. The second kappa shape index (κ2) is 7.97. The van der Waals surface area contributed by atoms with Gasteiger partial charge in [-0.15, -0.1) is 0 Å². The molecule has 0 heterocycles. The Kier molecular flexibility index (Phi) is 5.73. The van der Waals surface area contributed by atoms with E-state index in [1.54, 1.807) is 54.6 Å². The third-order valence-electron chi connectivity index (χ3n) is 3.08. The molecule has 2 N–H and O–H groups in total.